The zero-order valence-electron chi connectivity index (χ0n) is 13.2. The van der Waals surface area contributed by atoms with Crippen LogP contribution < -0.4 is 10.1 Å². The van der Waals surface area contributed by atoms with Gasteiger partial charge in [0.2, 0.25) is 12.3 Å². The number of hydrogen-bond donors (Lipinski definition) is 1. The number of ether oxygens (including phenoxy) is 1. The Labute approximate surface area is 135 Å². The van der Waals surface area contributed by atoms with Crippen LogP contribution in [0.3, 0.4) is 0 Å². The zero-order chi connectivity index (χ0) is 16.1. The zero-order valence-corrected chi connectivity index (χ0v) is 13.2. The molecule has 1 fully saturated rings. The molecule has 0 radical (unpaired) electrons. The lowest BCUT2D eigenvalue weighted by molar-refractivity contribution is -0.128. The Morgan fingerprint density at radius 3 is 2.65 bits per heavy atom. The monoisotopic (exact) mass is 315 g/mol. The van der Waals surface area contributed by atoms with Crippen LogP contribution in [0.25, 0.3) is 11.5 Å². The SMILES string of the molecule is C[C@H](Oc1ccc(-c2nnco2)cc1)C(=O)NC1CCCCC1. The summed E-state index contributed by atoms with van der Waals surface area (Å²) in [7, 11) is 0. The minimum absolute atomic E-state index is 0.0575. The van der Waals surface area contributed by atoms with Gasteiger partial charge in [0.05, 0.1) is 0 Å². The van der Waals surface area contributed by atoms with E-state index >= 15 is 0 Å². The average molecular weight is 315 g/mol. The van der Waals surface area contributed by atoms with E-state index in [0.717, 1.165) is 18.4 Å². The molecule has 6 nitrogen and oxygen atoms in total. The summed E-state index contributed by atoms with van der Waals surface area (Å²) in [6.45, 7) is 1.77. The number of carbonyl (C=O) groups excluding carboxylic acids is 1. The Morgan fingerprint density at radius 2 is 2.00 bits per heavy atom. The van der Waals surface area contributed by atoms with E-state index in [0.29, 0.717) is 17.7 Å². The molecule has 1 saturated carbocycles. The van der Waals surface area contributed by atoms with E-state index in [2.05, 4.69) is 15.5 Å². The van der Waals surface area contributed by atoms with Crippen LogP contribution in [-0.2, 0) is 4.79 Å². The number of carbonyl (C=O) groups is 1. The largest absolute Gasteiger partial charge is 0.481 e. The highest BCUT2D eigenvalue weighted by atomic mass is 16.5. The summed E-state index contributed by atoms with van der Waals surface area (Å²) in [5.74, 6) is 1.04. The second kappa shape index (κ2) is 7.26. The van der Waals surface area contributed by atoms with Gasteiger partial charge in [-0.05, 0) is 44.0 Å². The molecule has 1 aromatic heterocycles. The Bertz CT molecular complexity index is 619. The second-order valence-corrected chi connectivity index (χ2v) is 5.87. The standard InChI is InChI=1S/C17H21N3O3/c1-12(16(21)19-14-5-3-2-4-6-14)23-15-9-7-13(8-10-15)17-20-18-11-22-17/h7-12,14H,2-6H2,1H3,(H,19,21)/t12-/m0/s1. The van der Waals surface area contributed by atoms with Crippen molar-refractivity contribution >= 4 is 5.91 Å². The van der Waals surface area contributed by atoms with E-state index in [1.54, 1.807) is 19.1 Å². The molecule has 2 aromatic rings. The number of amides is 1. The fourth-order valence-corrected chi connectivity index (χ4v) is 2.80. The summed E-state index contributed by atoms with van der Waals surface area (Å²) in [6.07, 6.45) is 6.55. The topological polar surface area (TPSA) is 77.2 Å². The first-order valence-electron chi connectivity index (χ1n) is 8.06. The van der Waals surface area contributed by atoms with Gasteiger partial charge in [0, 0.05) is 11.6 Å². The number of nitrogens with one attached hydrogen (secondary N) is 1. The number of aromatic nitrogens is 2. The van der Waals surface area contributed by atoms with Crippen LogP contribution in [0.2, 0.25) is 0 Å². The van der Waals surface area contributed by atoms with Crippen molar-refractivity contribution in [1.29, 1.82) is 0 Å². The van der Waals surface area contributed by atoms with E-state index in [9.17, 15) is 4.79 Å². The second-order valence-electron chi connectivity index (χ2n) is 5.87. The molecule has 1 aromatic carbocycles. The van der Waals surface area contributed by atoms with Gasteiger partial charge in [-0.15, -0.1) is 10.2 Å². The Hall–Kier alpha value is -2.37. The quantitative estimate of drug-likeness (QED) is 0.918. The fourth-order valence-electron chi connectivity index (χ4n) is 2.80. The van der Waals surface area contributed by atoms with Gasteiger partial charge in [-0.2, -0.15) is 0 Å². The molecule has 23 heavy (non-hydrogen) atoms. The van der Waals surface area contributed by atoms with Crippen LogP contribution in [0.1, 0.15) is 39.0 Å². The summed E-state index contributed by atoms with van der Waals surface area (Å²) in [6, 6.07) is 7.54. The van der Waals surface area contributed by atoms with Crippen molar-refractivity contribution in [3.8, 4) is 17.2 Å². The van der Waals surface area contributed by atoms with Crippen molar-refractivity contribution in [2.75, 3.05) is 0 Å². The van der Waals surface area contributed by atoms with Gasteiger partial charge in [-0.25, -0.2) is 0 Å². The molecule has 1 aliphatic rings. The van der Waals surface area contributed by atoms with Gasteiger partial charge in [-0.1, -0.05) is 19.3 Å². The minimum atomic E-state index is -0.522. The predicted molar refractivity (Wildman–Crippen MR) is 84.8 cm³/mol. The molecule has 0 spiro atoms. The average Bonchev–Trinajstić information content (AvgIpc) is 3.11. The molecule has 122 valence electrons. The van der Waals surface area contributed by atoms with Gasteiger partial charge in [0.15, 0.2) is 6.10 Å². The third kappa shape index (κ3) is 4.09. The predicted octanol–water partition coefficient (Wildman–Crippen LogP) is 2.95. The Morgan fingerprint density at radius 1 is 1.26 bits per heavy atom. The molecule has 0 unspecified atom stereocenters. The van der Waals surface area contributed by atoms with Crippen LogP contribution in [-0.4, -0.2) is 28.3 Å². The van der Waals surface area contributed by atoms with Crippen molar-refractivity contribution in [2.45, 2.75) is 51.2 Å². The van der Waals surface area contributed by atoms with Gasteiger partial charge in [0.1, 0.15) is 5.75 Å². The lowest BCUT2D eigenvalue weighted by Crippen LogP contribution is -2.43. The van der Waals surface area contributed by atoms with Crippen molar-refractivity contribution in [1.82, 2.24) is 15.5 Å². The first-order chi connectivity index (χ1) is 11.2. The molecule has 1 N–H and O–H groups in total. The van der Waals surface area contributed by atoms with E-state index in [-0.39, 0.29) is 5.91 Å². The smallest absolute Gasteiger partial charge is 0.260 e. The highest BCUT2D eigenvalue weighted by Gasteiger charge is 2.20. The van der Waals surface area contributed by atoms with Crippen LogP contribution in [0.5, 0.6) is 5.75 Å². The Kier molecular flexibility index (Phi) is 4.90. The third-order valence-electron chi connectivity index (χ3n) is 4.09. The summed E-state index contributed by atoms with van der Waals surface area (Å²) in [5.41, 5.74) is 0.814. The molecule has 0 aliphatic heterocycles. The fraction of sp³-hybridized carbons (Fsp3) is 0.471. The maximum atomic E-state index is 12.2. The lowest BCUT2D eigenvalue weighted by atomic mass is 9.95. The van der Waals surface area contributed by atoms with Crippen LogP contribution in [0.15, 0.2) is 35.1 Å². The van der Waals surface area contributed by atoms with Gasteiger partial charge < -0.3 is 14.5 Å². The number of rotatable bonds is 5. The van der Waals surface area contributed by atoms with Crippen LogP contribution in [0.4, 0.5) is 0 Å². The summed E-state index contributed by atoms with van der Waals surface area (Å²) in [4.78, 5) is 12.2. The van der Waals surface area contributed by atoms with Crippen LogP contribution >= 0.6 is 0 Å². The molecule has 6 heteroatoms. The third-order valence-corrected chi connectivity index (χ3v) is 4.09. The molecule has 1 atom stereocenters. The van der Waals surface area contributed by atoms with Gasteiger partial charge in [-0.3, -0.25) is 4.79 Å². The Balaban J connectivity index is 1.54. The molecular formula is C17H21N3O3. The molecule has 3 rings (SSSR count). The summed E-state index contributed by atoms with van der Waals surface area (Å²) in [5, 5.41) is 10.6. The van der Waals surface area contributed by atoms with Crippen LogP contribution in [0, 0.1) is 0 Å². The lowest BCUT2D eigenvalue weighted by Gasteiger charge is -2.24. The molecule has 1 amide bonds. The highest BCUT2D eigenvalue weighted by Crippen LogP contribution is 2.21. The van der Waals surface area contributed by atoms with E-state index in [4.69, 9.17) is 9.15 Å². The summed E-state index contributed by atoms with van der Waals surface area (Å²) >= 11 is 0. The van der Waals surface area contributed by atoms with E-state index in [1.807, 2.05) is 12.1 Å². The maximum absolute atomic E-state index is 12.2. The molecule has 1 aliphatic carbocycles. The number of benzene rings is 1. The van der Waals surface area contributed by atoms with Gasteiger partial charge in [0.25, 0.3) is 5.91 Å². The van der Waals surface area contributed by atoms with Crippen molar-refractivity contribution < 1.29 is 13.9 Å². The van der Waals surface area contributed by atoms with Crippen molar-refractivity contribution in [2.24, 2.45) is 0 Å². The maximum Gasteiger partial charge on any atom is 0.260 e. The van der Waals surface area contributed by atoms with Crippen molar-refractivity contribution in [3.63, 3.8) is 0 Å². The highest BCUT2D eigenvalue weighted by molar-refractivity contribution is 5.81. The van der Waals surface area contributed by atoms with Gasteiger partial charge >= 0.3 is 0 Å². The molecule has 0 bridgehead atoms. The first-order valence-corrected chi connectivity index (χ1v) is 8.06. The van der Waals surface area contributed by atoms with E-state index in [1.165, 1.54) is 25.7 Å². The number of nitrogens with zero attached hydrogens (tertiary/aromatic N) is 2. The molecule has 1 heterocycles. The molecule has 0 saturated heterocycles. The minimum Gasteiger partial charge on any atom is -0.481 e. The van der Waals surface area contributed by atoms with E-state index < -0.39 is 6.10 Å². The number of hydrogen-bond acceptors (Lipinski definition) is 5. The normalized spacial score (nSPS) is 16.7. The molecular weight excluding hydrogens is 294 g/mol. The summed E-state index contributed by atoms with van der Waals surface area (Å²) < 4.78 is 10.8. The first kappa shape index (κ1) is 15.5. The van der Waals surface area contributed by atoms with Crippen molar-refractivity contribution in [3.05, 3.63) is 30.7 Å².